The molecule has 1 fully saturated rings. The Balaban J connectivity index is 1.96. The Bertz CT molecular complexity index is 478. The second-order valence-corrected chi connectivity index (χ2v) is 6.71. The molecule has 2 rings (SSSR count). The molecule has 1 aromatic heterocycles. The number of carbonyl (C=O) groups is 1. The summed E-state index contributed by atoms with van der Waals surface area (Å²) in [7, 11) is 0. The Kier molecular flexibility index (Phi) is 4.13. The zero-order valence-corrected chi connectivity index (χ0v) is 12.6. The first-order valence-electron chi connectivity index (χ1n) is 7.17. The number of carbonyl (C=O) groups excluding carboxylic acids is 1. The van der Waals surface area contributed by atoms with E-state index < -0.39 is 0 Å². The standard InChI is InChI=1S/C14H24N4O2/c1-8(12-17-13(18-20-12)14(2,3)4)16-11(19)9-5-6-10(15)7-9/h8-10H,5-7,15H2,1-4H3,(H,16,19). The summed E-state index contributed by atoms with van der Waals surface area (Å²) in [6.45, 7) is 7.91. The van der Waals surface area contributed by atoms with Gasteiger partial charge in [0.15, 0.2) is 5.82 Å². The van der Waals surface area contributed by atoms with Crippen molar-refractivity contribution >= 4 is 5.91 Å². The molecule has 20 heavy (non-hydrogen) atoms. The first-order chi connectivity index (χ1) is 9.27. The number of amides is 1. The predicted octanol–water partition coefficient (Wildman–Crippen LogP) is 1.67. The average molecular weight is 280 g/mol. The van der Waals surface area contributed by atoms with E-state index in [1.165, 1.54) is 0 Å². The molecular formula is C14H24N4O2. The molecule has 1 saturated carbocycles. The van der Waals surface area contributed by atoms with Gasteiger partial charge in [-0.3, -0.25) is 4.79 Å². The van der Waals surface area contributed by atoms with E-state index in [-0.39, 0.29) is 29.3 Å². The Hall–Kier alpha value is -1.43. The van der Waals surface area contributed by atoms with Gasteiger partial charge in [-0.25, -0.2) is 0 Å². The minimum Gasteiger partial charge on any atom is -0.344 e. The fourth-order valence-corrected chi connectivity index (χ4v) is 2.36. The van der Waals surface area contributed by atoms with Crippen LogP contribution in [0, 0.1) is 5.92 Å². The number of hydrogen-bond donors (Lipinski definition) is 2. The molecule has 1 aliphatic rings. The molecule has 1 amide bonds. The Morgan fingerprint density at radius 3 is 2.65 bits per heavy atom. The van der Waals surface area contributed by atoms with Gasteiger partial charge in [0.25, 0.3) is 0 Å². The first-order valence-corrected chi connectivity index (χ1v) is 7.17. The molecule has 0 radical (unpaired) electrons. The van der Waals surface area contributed by atoms with E-state index >= 15 is 0 Å². The van der Waals surface area contributed by atoms with E-state index in [0.717, 1.165) is 19.3 Å². The first kappa shape index (κ1) is 15.0. The van der Waals surface area contributed by atoms with Crippen LogP contribution in [0.5, 0.6) is 0 Å². The van der Waals surface area contributed by atoms with Gasteiger partial charge in [-0.2, -0.15) is 4.98 Å². The van der Waals surface area contributed by atoms with Gasteiger partial charge in [-0.15, -0.1) is 0 Å². The third-order valence-electron chi connectivity index (χ3n) is 3.69. The molecule has 112 valence electrons. The van der Waals surface area contributed by atoms with Crippen LogP contribution < -0.4 is 11.1 Å². The van der Waals surface area contributed by atoms with E-state index in [9.17, 15) is 4.79 Å². The minimum absolute atomic E-state index is 0.0115. The van der Waals surface area contributed by atoms with Crippen LogP contribution >= 0.6 is 0 Å². The Morgan fingerprint density at radius 1 is 1.45 bits per heavy atom. The lowest BCUT2D eigenvalue weighted by atomic mass is 9.96. The highest BCUT2D eigenvalue weighted by molar-refractivity contribution is 5.79. The van der Waals surface area contributed by atoms with E-state index in [1.54, 1.807) is 0 Å². The summed E-state index contributed by atoms with van der Waals surface area (Å²) in [5.74, 6) is 1.14. The molecule has 1 aromatic rings. The van der Waals surface area contributed by atoms with Gasteiger partial charge in [0.05, 0.1) is 0 Å². The second kappa shape index (κ2) is 5.52. The molecule has 3 atom stereocenters. The zero-order chi connectivity index (χ0) is 14.9. The summed E-state index contributed by atoms with van der Waals surface area (Å²) in [5.41, 5.74) is 5.67. The van der Waals surface area contributed by atoms with Crippen LogP contribution in [-0.4, -0.2) is 22.1 Å². The van der Waals surface area contributed by atoms with Crippen molar-refractivity contribution < 1.29 is 9.32 Å². The van der Waals surface area contributed by atoms with Crippen LogP contribution in [0.1, 0.15) is 64.7 Å². The minimum atomic E-state index is -0.275. The fourth-order valence-electron chi connectivity index (χ4n) is 2.36. The Labute approximate surface area is 119 Å². The van der Waals surface area contributed by atoms with Crippen molar-refractivity contribution in [2.45, 2.75) is 64.5 Å². The molecule has 0 bridgehead atoms. The van der Waals surface area contributed by atoms with E-state index in [4.69, 9.17) is 10.3 Å². The monoisotopic (exact) mass is 280 g/mol. The number of rotatable bonds is 3. The van der Waals surface area contributed by atoms with Crippen molar-refractivity contribution in [3.8, 4) is 0 Å². The van der Waals surface area contributed by atoms with Crippen LogP contribution in [0.3, 0.4) is 0 Å². The van der Waals surface area contributed by atoms with Gasteiger partial charge in [-0.1, -0.05) is 25.9 Å². The van der Waals surface area contributed by atoms with Crippen LogP contribution in [0.15, 0.2) is 4.52 Å². The van der Waals surface area contributed by atoms with Crippen LogP contribution in [0.4, 0.5) is 0 Å². The van der Waals surface area contributed by atoms with E-state index in [2.05, 4.69) is 15.5 Å². The maximum atomic E-state index is 12.1. The molecule has 0 aromatic carbocycles. The molecule has 3 unspecified atom stereocenters. The molecule has 6 nitrogen and oxygen atoms in total. The summed E-state index contributed by atoms with van der Waals surface area (Å²) in [5, 5.41) is 6.90. The van der Waals surface area contributed by atoms with Crippen LogP contribution in [0.25, 0.3) is 0 Å². The van der Waals surface area contributed by atoms with Crippen LogP contribution in [0.2, 0.25) is 0 Å². The summed E-state index contributed by atoms with van der Waals surface area (Å²) in [6, 6.07) is -0.125. The van der Waals surface area contributed by atoms with Crippen molar-refractivity contribution in [2.24, 2.45) is 11.7 Å². The number of nitrogens with one attached hydrogen (secondary N) is 1. The van der Waals surface area contributed by atoms with E-state index in [1.807, 2.05) is 27.7 Å². The number of aromatic nitrogens is 2. The highest BCUT2D eigenvalue weighted by Crippen LogP contribution is 2.25. The predicted molar refractivity (Wildman–Crippen MR) is 74.9 cm³/mol. The molecule has 1 heterocycles. The topological polar surface area (TPSA) is 94.0 Å². The molecule has 0 aliphatic heterocycles. The van der Waals surface area contributed by atoms with Crippen molar-refractivity contribution in [1.29, 1.82) is 0 Å². The lowest BCUT2D eigenvalue weighted by molar-refractivity contribution is -0.125. The molecule has 3 N–H and O–H groups in total. The van der Waals surface area contributed by atoms with Crippen molar-refractivity contribution in [1.82, 2.24) is 15.5 Å². The van der Waals surface area contributed by atoms with Crippen molar-refractivity contribution in [3.63, 3.8) is 0 Å². The molecular weight excluding hydrogens is 256 g/mol. The third kappa shape index (κ3) is 3.36. The van der Waals surface area contributed by atoms with Crippen molar-refractivity contribution in [2.75, 3.05) is 0 Å². The Morgan fingerprint density at radius 2 is 2.15 bits per heavy atom. The summed E-state index contributed by atoms with van der Waals surface area (Å²) < 4.78 is 5.24. The molecule has 0 saturated heterocycles. The quantitative estimate of drug-likeness (QED) is 0.878. The van der Waals surface area contributed by atoms with Gasteiger partial charge in [0.2, 0.25) is 11.8 Å². The van der Waals surface area contributed by atoms with Crippen LogP contribution in [-0.2, 0) is 10.2 Å². The second-order valence-electron chi connectivity index (χ2n) is 6.71. The van der Waals surface area contributed by atoms with Gasteiger partial charge in [0.1, 0.15) is 6.04 Å². The summed E-state index contributed by atoms with van der Waals surface area (Å²) in [4.78, 5) is 16.5. The van der Waals surface area contributed by atoms with Crippen molar-refractivity contribution in [3.05, 3.63) is 11.7 Å². The molecule has 1 aliphatic carbocycles. The smallest absolute Gasteiger partial charge is 0.248 e. The van der Waals surface area contributed by atoms with Gasteiger partial charge >= 0.3 is 0 Å². The normalized spacial score (nSPS) is 24.6. The maximum Gasteiger partial charge on any atom is 0.248 e. The zero-order valence-electron chi connectivity index (χ0n) is 12.6. The van der Waals surface area contributed by atoms with Gasteiger partial charge < -0.3 is 15.6 Å². The molecule has 0 spiro atoms. The molecule has 6 heteroatoms. The lowest BCUT2D eigenvalue weighted by Gasteiger charge is -2.14. The van der Waals surface area contributed by atoms with Gasteiger partial charge in [0, 0.05) is 17.4 Å². The van der Waals surface area contributed by atoms with E-state index in [0.29, 0.717) is 11.7 Å². The maximum absolute atomic E-state index is 12.1. The van der Waals surface area contributed by atoms with Gasteiger partial charge in [-0.05, 0) is 26.2 Å². The summed E-state index contributed by atoms with van der Waals surface area (Å²) in [6.07, 6.45) is 2.54. The lowest BCUT2D eigenvalue weighted by Crippen LogP contribution is -2.32. The largest absolute Gasteiger partial charge is 0.344 e. The highest BCUT2D eigenvalue weighted by atomic mass is 16.5. The fraction of sp³-hybridized carbons (Fsp3) is 0.786. The number of nitrogens with two attached hydrogens (primary N) is 1. The number of nitrogens with zero attached hydrogens (tertiary/aromatic N) is 2. The average Bonchev–Trinajstić information content (AvgIpc) is 2.95. The highest BCUT2D eigenvalue weighted by Gasteiger charge is 2.30. The number of hydrogen-bond acceptors (Lipinski definition) is 5. The third-order valence-corrected chi connectivity index (χ3v) is 3.69. The summed E-state index contributed by atoms with van der Waals surface area (Å²) >= 11 is 0. The SMILES string of the molecule is CC(NC(=O)C1CCC(N)C1)c1nc(C(C)(C)C)no1.